The lowest BCUT2D eigenvalue weighted by atomic mass is 9.60. The van der Waals surface area contributed by atoms with Gasteiger partial charge >= 0.3 is 0 Å². The van der Waals surface area contributed by atoms with Crippen molar-refractivity contribution >= 4 is 0 Å². The van der Waals surface area contributed by atoms with Crippen LogP contribution < -0.4 is 0 Å². The average molecular weight is 429 g/mol. The van der Waals surface area contributed by atoms with Crippen LogP contribution in [0.5, 0.6) is 0 Å². The zero-order valence-electron chi connectivity index (χ0n) is 20.2. The molecule has 6 atom stereocenters. The summed E-state index contributed by atoms with van der Waals surface area (Å²) in [5.74, 6) is 2.05. The monoisotopic (exact) mass is 428 g/mol. The van der Waals surface area contributed by atoms with Gasteiger partial charge in [0, 0.05) is 6.42 Å². The summed E-state index contributed by atoms with van der Waals surface area (Å²) in [6.45, 7) is 16.6. The minimum atomic E-state index is -0.842. The van der Waals surface area contributed by atoms with Crippen molar-refractivity contribution in [3.05, 3.63) is 47.6 Å². The van der Waals surface area contributed by atoms with E-state index in [-0.39, 0.29) is 0 Å². The fourth-order valence-electron chi connectivity index (χ4n) is 6.71. The van der Waals surface area contributed by atoms with Gasteiger partial charge in [-0.3, -0.25) is 0 Å². The lowest BCUT2D eigenvalue weighted by Gasteiger charge is -2.44. The molecule has 3 heteroatoms. The average Bonchev–Trinajstić information content (AvgIpc) is 3.04. The van der Waals surface area contributed by atoms with Crippen molar-refractivity contribution < 1.29 is 15.3 Å². The standard InChI is InChI=1S/C28H44O3/c1-18(9-7-15-27(4,5)31)23-13-14-24-21(10-8-16-28(23,24)6)11-12-22-17-25(29)20(3)26(30)19(22)2/h11-12,18,23-26,29-31H,2-3,7-10,13-17H2,1,4-6H3/b21-11+,22-12-/t18-,23?,24?,25-,26-,28-/m1/s1. The SMILES string of the molecule is C=C1/C(=C\C=C2/CCC[C@@]3(C)C2CCC3[C@H](C)CCCC(C)(C)O)C[C@@H](O)C(=C)[C@@H]1O. The Kier molecular flexibility index (Phi) is 7.40. The maximum atomic E-state index is 10.3. The first-order chi connectivity index (χ1) is 14.4. The number of aliphatic hydroxyl groups excluding tert-OH is 2. The molecule has 0 amide bonds. The van der Waals surface area contributed by atoms with E-state index < -0.39 is 17.8 Å². The minimum absolute atomic E-state index is 0.355. The first-order valence-corrected chi connectivity index (χ1v) is 12.3. The summed E-state index contributed by atoms with van der Waals surface area (Å²) in [4.78, 5) is 0. The number of aliphatic hydroxyl groups is 3. The van der Waals surface area contributed by atoms with Crippen LogP contribution in [0.25, 0.3) is 0 Å². The topological polar surface area (TPSA) is 60.7 Å². The molecule has 0 spiro atoms. The van der Waals surface area contributed by atoms with Gasteiger partial charge in [-0.15, -0.1) is 0 Å². The van der Waals surface area contributed by atoms with Crippen LogP contribution in [-0.2, 0) is 0 Å². The molecule has 174 valence electrons. The third-order valence-corrected chi connectivity index (χ3v) is 8.61. The molecule has 0 heterocycles. The van der Waals surface area contributed by atoms with Gasteiger partial charge in [0.25, 0.3) is 0 Å². The van der Waals surface area contributed by atoms with E-state index in [2.05, 4.69) is 39.2 Å². The van der Waals surface area contributed by atoms with Gasteiger partial charge < -0.3 is 15.3 Å². The molecule has 3 saturated carbocycles. The fraction of sp³-hybridized carbons (Fsp3) is 0.714. The maximum absolute atomic E-state index is 10.3. The molecule has 3 aliphatic rings. The summed E-state index contributed by atoms with van der Waals surface area (Å²) in [6, 6.07) is 0. The van der Waals surface area contributed by atoms with Crippen LogP contribution in [0.2, 0.25) is 0 Å². The van der Waals surface area contributed by atoms with Gasteiger partial charge in [0.2, 0.25) is 0 Å². The normalized spacial score (nSPS) is 38.0. The minimum Gasteiger partial charge on any atom is -0.390 e. The molecule has 0 aromatic heterocycles. The summed E-state index contributed by atoms with van der Waals surface area (Å²) in [5.41, 5.74) is 3.41. The Labute approximate surface area is 189 Å². The Morgan fingerprint density at radius 3 is 2.58 bits per heavy atom. The van der Waals surface area contributed by atoms with E-state index in [0.29, 0.717) is 34.8 Å². The summed E-state index contributed by atoms with van der Waals surface area (Å²) >= 11 is 0. The first-order valence-electron chi connectivity index (χ1n) is 12.3. The van der Waals surface area contributed by atoms with Gasteiger partial charge in [0.1, 0.15) is 6.10 Å². The third kappa shape index (κ3) is 5.26. The van der Waals surface area contributed by atoms with E-state index >= 15 is 0 Å². The molecule has 3 fully saturated rings. The first kappa shape index (κ1) is 24.5. The Balaban J connectivity index is 1.72. The molecule has 0 aliphatic heterocycles. The second-order valence-corrected chi connectivity index (χ2v) is 11.4. The highest BCUT2D eigenvalue weighted by Crippen LogP contribution is 2.60. The fourth-order valence-corrected chi connectivity index (χ4v) is 6.71. The summed E-state index contributed by atoms with van der Waals surface area (Å²) < 4.78 is 0. The highest BCUT2D eigenvalue weighted by atomic mass is 16.3. The second-order valence-electron chi connectivity index (χ2n) is 11.4. The van der Waals surface area contributed by atoms with Crippen LogP contribution in [-0.4, -0.2) is 33.1 Å². The molecule has 3 aliphatic carbocycles. The lowest BCUT2D eigenvalue weighted by molar-refractivity contribution is 0.0596. The van der Waals surface area contributed by atoms with Gasteiger partial charge in [-0.05, 0) is 92.3 Å². The molecule has 31 heavy (non-hydrogen) atoms. The van der Waals surface area contributed by atoms with Crippen molar-refractivity contribution in [2.45, 2.75) is 103 Å². The summed E-state index contributed by atoms with van der Waals surface area (Å²) in [6.07, 6.45) is 12.7. The number of allylic oxidation sites excluding steroid dienone is 3. The van der Waals surface area contributed by atoms with Crippen LogP contribution in [0.1, 0.15) is 85.5 Å². The van der Waals surface area contributed by atoms with E-state index in [9.17, 15) is 15.3 Å². The van der Waals surface area contributed by atoms with E-state index in [1.165, 1.54) is 37.7 Å². The number of hydrogen-bond donors (Lipinski definition) is 3. The van der Waals surface area contributed by atoms with E-state index in [4.69, 9.17) is 0 Å². The Bertz CT molecular complexity index is 753. The number of hydrogen-bond acceptors (Lipinski definition) is 3. The summed E-state index contributed by atoms with van der Waals surface area (Å²) in [7, 11) is 0. The zero-order chi connectivity index (χ0) is 23.0. The summed E-state index contributed by atoms with van der Waals surface area (Å²) in [5, 5.41) is 30.5. The smallest absolute Gasteiger partial charge is 0.102 e. The predicted molar refractivity (Wildman–Crippen MR) is 129 cm³/mol. The van der Waals surface area contributed by atoms with Gasteiger partial charge in [0.05, 0.1) is 11.7 Å². The third-order valence-electron chi connectivity index (χ3n) is 8.61. The van der Waals surface area contributed by atoms with Crippen LogP contribution in [0.15, 0.2) is 47.6 Å². The highest BCUT2D eigenvalue weighted by Gasteiger charge is 2.50. The quantitative estimate of drug-likeness (QED) is 0.464. The Hall–Kier alpha value is -1.16. The van der Waals surface area contributed by atoms with E-state index in [1.54, 1.807) is 0 Å². The van der Waals surface area contributed by atoms with Crippen molar-refractivity contribution in [1.29, 1.82) is 0 Å². The van der Waals surface area contributed by atoms with Gasteiger partial charge in [0.15, 0.2) is 0 Å². The molecule has 3 N–H and O–H groups in total. The van der Waals surface area contributed by atoms with Gasteiger partial charge in [-0.2, -0.15) is 0 Å². The second kappa shape index (κ2) is 9.37. The van der Waals surface area contributed by atoms with Crippen LogP contribution in [0, 0.1) is 23.2 Å². The van der Waals surface area contributed by atoms with Crippen molar-refractivity contribution in [2.75, 3.05) is 0 Å². The van der Waals surface area contributed by atoms with Gasteiger partial charge in [-0.1, -0.05) is 57.6 Å². The van der Waals surface area contributed by atoms with Crippen molar-refractivity contribution in [3.8, 4) is 0 Å². The van der Waals surface area contributed by atoms with Crippen LogP contribution >= 0.6 is 0 Å². The molecule has 0 aromatic carbocycles. The maximum Gasteiger partial charge on any atom is 0.102 e. The molecule has 2 unspecified atom stereocenters. The Morgan fingerprint density at radius 1 is 1.19 bits per heavy atom. The van der Waals surface area contributed by atoms with Crippen LogP contribution in [0.3, 0.4) is 0 Å². The van der Waals surface area contributed by atoms with Gasteiger partial charge in [-0.25, -0.2) is 0 Å². The van der Waals surface area contributed by atoms with Crippen molar-refractivity contribution in [3.63, 3.8) is 0 Å². The van der Waals surface area contributed by atoms with Crippen molar-refractivity contribution in [1.82, 2.24) is 0 Å². The molecule has 3 nitrogen and oxygen atoms in total. The van der Waals surface area contributed by atoms with Crippen LogP contribution in [0.4, 0.5) is 0 Å². The number of fused-ring (bicyclic) bond motifs is 1. The highest BCUT2D eigenvalue weighted by molar-refractivity contribution is 5.45. The molecule has 3 rings (SSSR count). The molecule has 0 aromatic rings. The molecule has 0 radical (unpaired) electrons. The molecule has 0 bridgehead atoms. The van der Waals surface area contributed by atoms with Crippen molar-refractivity contribution in [2.24, 2.45) is 23.2 Å². The molecular weight excluding hydrogens is 384 g/mol. The largest absolute Gasteiger partial charge is 0.390 e. The molecular formula is C28H44O3. The zero-order valence-corrected chi connectivity index (χ0v) is 20.2. The Morgan fingerprint density at radius 2 is 1.90 bits per heavy atom. The van der Waals surface area contributed by atoms with E-state index in [0.717, 1.165) is 30.8 Å². The number of rotatable bonds is 6. The predicted octanol–water partition coefficient (Wildman–Crippen LogP) is 5.87. The molecule has 0 saturated heterocycles. The van der Waals surface area contributed by atoms with E-state index in [1.807, 2.05) is 13.8 Å². The lowest BCUT2D eigenvalue weighted by Crippen LogP contribution is -2.36.